The van der Waals surface area contributed by atoms with E-state index in [-0.39, 0.29) is 11.1 Å². The van der Waals surface area contributed by atoms with Crippen LogP contribution < -0.4 is 5.32 Å². The molecule has 1 fully saturated rings. The molecule has 0 unspecified atom stereocenters. The van der Waals surface area contributed by atoms with Crippen molar-refractivity contribution in [2.45, 2.75) is 44.6 Å². The van der Waals surface area contributed by atoms with Gasteiger partial charge >= 0.3 is 6.43 Å². The predicted octanol–water partition coefficient (Wildman–Crippen LogP) is 2.28. The number of amides is 1. The van der Waals surface area contributed by atoms with Crippen LogP contribution in [-0.4, -0.2) is 29.0 Å². The lowest BCUT2D eigenvalue weighted by Crippen LogP contribution is -2.58. The van der Waals surface area contributed by atoms with Crippen molar-refractivity contribution < 1.29 is 18.4 Å². The van der Waals surface area contributed by atoms with E-state index in [2.05, 4.69) is 28.2 Å². The zero-order valence-electron chi connectivity index (χ0n) is 9.64. The third-order valence-corrected chi connectivity index (χ3v) is 3.85. The first-order valence-electron chi connectivity index (χ1n) is 5.61. The summed E-state index contributed by atoms with van der Waals surface area (Å²) >= 11 is 3.04. The van der Waals surface area contributed by atoms with Crippen LogP contribution in [0.15, 0.2) is 0 Å². The Bertz CT molecular complexity index is 302. The Hall–Kier alpha value is -0.520. The zero-order chi connectivity index (χ0) is 13.1. The van der Waals surface area contributed by atoms with Crippen molar-refractivity contribution in [3.8, 4) is 0 Å². The third-order valence-electron chi connectivity index (χ3n) is 3.34. The number of ketones is 1. The van der Waals surface area contributed by atoms with Gasteiger partial charge in [0.25, 0.3) is 5.91 Å². The van der Waals surface area contributed by atoms with E-state index in [4.69, 9.17) is 0 Å². The molecule has 0 aliphatic heterocycles. The fourth-order valence-corrected chi connectivity index (χ4v) is 2.68. The second kappa shape index (κ2) is 5.89. The largest absolute Gasteiger partial charge is 0.339 e. The Morgan fingerprint density at radius 3 is 2.35 bits per heavy atom. The van der Waals surface area contributed by atoms with Crippen LogP contribution in [0, 0.1) is 5.92 Å². The van der Waals surface area contributed by atoms with Gasteiger partial charge in [-0.3, -0.25) is 9.59 Å². The van der Waals surface area contributed by atoms with Crippen molar-refractivity contribution in [3.63, 3.8) is 0 Å². The van der Waals surface area contributed by atoms with Gasteiger partial charge in [0, 0.05) is 0 Å². The lowest BCUT2D eigenvalue weighted by molar-refractivity contribution is -0.139. The zero-order valence-corrected chi connectivity index (χ0v) is 11.2. The molecule has 0 heterocycles. The molecule has 0 aromatic heterocycles. The van der Waals surface area contributed by atoms with Gasteiger partial charge in [-0.2, -0.15) is 8.78 Å². The van der Waals surface area contributed by atoms with Gasteiger partial charge in [0.15, 0.2) is 5.78 Å². The summed E-state index contributed by atoms with van der Waals surface area (Å²) in [4.78, 5) is 22.9. The number of halogens is 3. The molecular weight excluding hydrogens is 296 g/mol. The SMILES string of the molecule is CC1CCC(NC(=O)C(F)F)(C(=O)CBr)CC1. The van der Waals surface area contributed by atoms with E-state index in [9.17, 15) is 18.4 Å². The highest BCUT2D eigenvalue weighted by molar-refractivity contribution is 9.09. The van der Waals surface area contributed by atoms with Gasteiger partial charge < -0.3 is 5.32 Å². The molecule has 0 aromatic rings. The Labute approximate surface area is 107 Å². The summed E-state index contributed by atoms with van der Waals surface area (Å²) in [5.41, 5.74) is -1.09. The molecule has 3 nitrogen and oxygen atoms in total. The van der Waals surface area contributed by atoms with Gasteiger partial charge in [-0.25, -0.2) is 0 Å². The van der Waals surface area contributed by atoms with Gasteiger partial charge in [0.2, 0.25) is 0 Å². The second-order valence-electron chi connectivity index (χ2n) is 4.61. The van der Waals surface area contributed by atoms with E-state index >= 15 is 0 Å². The van der Waals surface area contributed by atoms with Crippen molar-refractivity contribution in [3.05, 3.63) is 0 Å². The topological polar surface area (TPSA) is 46.2 Å². The number of hydrogen-bond acceptors (Lipinski definition) is 2. The van der Waals surface area contributed by atoms with E-state index in [1.54, 1.807) is 0 Å². The minimum absolute atomic E-state index is 0.0743. The Balaban J connectivity index is 2.80. The summed E-state index contributed by atoms with van der Waals surface area (Å²) in [6.07, 6.45) is -0.659. The van der Waals surface area contributed by atoms with Crippen LogP contribution in [0.2, 0.25) is 0 Å². The lowest BCUT2D eigenvalue weighted by Gasteiger charge is -2.38. The summed E-state index contributed by atoms with van der Waals surface area (Å²) in [6, 6.07) is 0. The predicted molar refractivity (Wildman–Crippen MR) is 63.3 cm³/mol. The van der Waals surface area contributed by atoms with Crippen LogP contribution in [0.5, 0.6) is 0 Å². The molecule has 0 bridgehead atoms. The van der Waals surface area contributed by atoms with Gasteiger partial charge in [-0.05, 0) is 31.6 Å². The summed E-state index contributed by atoms with van der Waals surface area (Å²) in [5.74, 6) is -1.11. The maximum absolute atomic E-state index is 12.3. The van der Waals surface area contributed by atoms with E-state index in [1.165, 1.54) is 0 Å². The summed E-state index contributed by atoms with van der Waals surface area (Å²) in [6.45, 7) is 2.05. The molecular formula is C11H16BrF2NO2. The molecule has 98 valence electrons. The Morgan fingerprint density at radius 1 is 1.41 bits per heavy atom. The van der Waals surface area contributed by atoms with Gasteiger partial charge in [0.05, 0.1) is 10.9 Å². The Kier molecular flexibility index (Phi) is 5.04. The minimum atomic E-state index is -3.07. The molecule has 0 radical (unpaired) electrons. The van der Waals surface area contributed by atoms with Crippen LogP contribution >= 0.6 is 15.9 Å². The highest BCUT2D eigenvalue weighted by atomic mass is 79.9. The highest BCUT2D eigenvalue weighted by Crippen LogP contribution is 2.33. The molecule has 6 heteroatoms. The van der Waals surface area contributed by atoms with Gasteiger partial charge in [-0.1, -0.05) is 22.9 Å². The lowest BCUT2D eigenvalue weighted by atomic mass is 9.75. The van der Waals surface area contributed by atoms with Crippen molar-refractivity contribution in [2.24, 2.45) is 5.92 Å². The van der Waals surface area contributed by atoms with Crippen LogP contribution in [-0.2, 0) is 9.59 Å². The second-order valence-corrected chi connectivity index (χ2v) is 5.17. The minimum Gasteiger partial charge on any atom is -0.339 e. The quantitative estimate of drug-likeness (QED) is 0.810. The molecule has 1 aliphatic rings. The number of nitrogens with one attached hydrogen (secondary N) is 1. The van der Waals surface area contributed by atoms with Gasteiger partial charge in [-0.15, -0.1) is 0 Å². The Morgan fingerprint density at radius 2 is 1.94 bits per heavy atom. The van der Waals surface area contributed by atoms with Crippen molar-refractivity contribution in [1.29, 1.82) is 0 Å². The summed E-state index contributed by atoms with van der Waals surface area (Å²) in [7, 11) is 0. The number of rotatable bonds is 4. The number of alkyl halides is 3. The molecule has 17 heavy (non-hydrogen) atoms. The smallest absolute Gasteiger partial charge is 0.315 e. The van der Waals surface area contributed by atoms with Gasteiger partial charge in [0.1, 0.15) is 0 Å². The number of carbonyl (C=O) groups is 2. The average molecular weight is 312 g/mol. The first-order valence-corrected chi connectivity index (χ1v) is 6.73. The molecule has 1 aliphatic carbocycles. The maximum Gasteiger partial charge on any atom is 0.315 e. The molecule has 0 atom stereocenters. The van der Waals surface area contributed by atoms with Crippen LogP contribution in [0.4, 0.5) is 8.78 Å². The maximum atomic E-state index is 12.3. The van der Waals surface area contributed by atoms with Crippen LogP contribution in [0.25, 0.3) is 0 Å². The molecule has 1 N–H and O–H groups in total. The highest BCUT2D eigenvalue weighted by Gasteiger charge is 2.42. The first-order chi connectivity index (χ1) is 7.91. The van der Waals surface area contributed by atoms with Crippen molar-refractivity contribution in [2.75, 3.05) is 5.33 Å². The molecule has 0 aromatic carbocycles. The molecule has 1 saturated carbocycles. The molecule has 0 spiro atoms. The number of Topliss-reactive ketones (excluding diaryl/α,β-unsaturated/α-hetero) is 1. The van der Waals surface area contributed by atoms with E-state index in [1.807, 2.05) is 0 Å². The first kappa shape index (κ1) is 14.5. The monoisotopic (exact) mass is 311 g/mol. The summed E-state index contributed by atoms with van der Waals surface area (Å²) < 4.78 is 24.5. The number of carbonyl (C=O) groups excluding carboxylic acids is 2. The fourth-order valence-electron chi connectivity index (χ4n) is 2.15. The molecule has 0 saturated heterocycles. The summed E-state index contributed by atoms with van der Waals surface area (Å²) in [5, 5.41) is 2.31. The van der Waals surface area contributed by atoms with E-state index in [0.29, 0.717) is 18.8 Å². The average Bonchev–Trinajstić information content (AvgIpc) is 2.31. The van der Waals surface area contributed by atoms with Crippen molar-refractivity contribution >= 4 is 27.6 Å². The van der Waals surface area contributed by atoms with Crippen LogP contribution in [0.3, 0.4) is 0 Å². The molecule has 1 rings (SSSR count). The van der Waals surface area contributed by atoms with Crippen LogP contribution in [0.1, 0.15) is 32.6 Å². The standard InChI is InChI=1S/C11H16BrF2NO2/c1-7-2-4-11(5-3-7,8(16)6-12)15-10(17)9(13)14/h7,9H,2-6H2,1H3,(H,15,17). The normalized spacial score (nSPS) is 29.1. The fraction of sp³-hybridized carbons (Fsp3) is 0.818. The van der Waals surface area contributed by atoms with E-state index < -0.39 is 17.9 Å². The number of hydrogen-bond donors (Lipinski definition) is 1. The van der Waals surface area contributed by atoms with E-state index in [0.717, 1.165) is 12.8 Å². The van der Waals surface area contributed by atoms with Crippen molar-refractivity contribution in [1.82, 2.24) is 5.32 Å². The third kappa shape index (κ3) is 3.47. The molecule has 1 amide bonds.